The smallest absolute Gasteiger partial charge is 0.163 e. The second-order valence-corrected chi connectivity index (χ2v) is 3.56. The van der Waals surface area contributed by atoms with Crippen molar-refractivity contribution in [1.82, 2.24) is 15.0 Å². The Morgan fingerprint density at radius 1 is 1.06 bits per heavy atom. The van der Waals surface area contributed by atoms with E-state index in [2.05, 4.69) is 28.1 Å². The monoisotopic (exact) mass is 235 g/mol. The van der Waals surface area contributed by atoms with Gasteiger partial charge < -0.3 is 0 Å². The number of hydrogen-bond donors (Lipinski definition) is 0. The molecular formula is C15H13N3. The molecule has 0 N–H and O–H groups in total. The lowest BCUT2D eigenvalue weighted by atomic mass is 10.2. The van der Waals surface area contributed by atoms with Gasteiger partial charge in [0.25, 0.3) is 0 Å². The maximum Gasteiger partial charge on any atom is 0.163 e. The van der Waals surface area contributed by atoms with E-state index in [0.29, 0.717) is 11.6 Å². The molecule has 0 radical (unpaired) electrons. The second kappa shape index (κ2) is 5.68. The van der Waals surface area contributed by atoms with Crippen LogP contribution in [0.3, 0.4) is 0 Å². The highest BCUT2D eigenvalue weighted by Gasteiger charge is 2.05. The van der Waals surface area contributed by atoms with Crippen LogP contribution in [0.4, 0.5) is 0 Å². The van der Waals surface area contributed by atoms with Gasteiger partial charge in [-0.1, -0.05) is 61.7 Å². The summed E-state index contributed by atoms with van der Waals surface area (Å²) in [5.74, 6) is 1.25. The van der Waals surface area contributed by atoms with Crippen LogP contribution in [0, 0.1) is 0 Å². The molecule has 2 aromatic rings. The third-order valence-corrected chi connectivity index (χ3v) is 2.38. The molecule has 1 aromatic heterocycles. The highest BCUT2D eigenvalue weighted by Crippen LogP contribution is 2.16. The van der Waals surface area contributed by atoms with Crippen LogP contribution in [0.15, 0.2) is 68.0 Å². The van der Waals surface area contributed by atoms with Crippen molar-refractivity contribution in [1.29, 1.82) is 0 Å². The fourth-order valence-electron chi connectivity index (χ4n) is 1.52. The molecule has 0 fully saturated rings. The van der Waals surface area contributed by atoms with Gasteiger partial charge in [0.2, 0.25) is 0 Å². The summed E-state index contributed by atoms with van der Waals surface area (Å²) < 4.78 is 0. The molecule has 0 aliphatic heterocycles. The largest absolute Gasteiger partial charge is 0.217 e. The van der Waals surface area contributed by atoms with Crippen LogP contribution < -0.4 is 0 Å². The molecule has 0 atom stereocenters. The van der Waals surface area contributed by atoms with E-state index in [4.69, 9.17) is 0 Å². The number of benzene rings is 1. The Morgan fingerprint density at radius 3 is 2.50 bits per heavy atom. The molecule has 3 nitrogen and oxygen atoms in total. The molecule has 88 valence electrons. The first-order valence-corrected chi connectivity index (χ1v) is 5.55. The van der Waals surface area contributed by atoms with E-state index in [9.17, 15) is 0 Å². The Bertz CT molecular complexity index is 586. The quantitative estimate of drug-likeness (QED) is 0.763. The highest BCUT2D eigenvalue weighted by molar-refractivity contribution is 5.71. The first kappa shape index (κ1) is 11.9. The molecule has 0 amide bonds. The Morgan fingerprint density at radius 2 is 1.83 bits per heavy atom. The fraction of sp³-hybridized carbons (Fsp3) is 0. The molecule has 1 aromatic carbocycles. The van der Waals surface area contributed by atoms with Crippen molar-refractivity contribution < 1.29 is 0 Å². The van der Waals surface area contributed by atoms with Crippen molar-refractivity contribution in [2.24, 2.45) is 0 Å². The minimum Gasteiger partial charge on any atom is -0.217 e. The molecule has 3 heteroatoms. The number of nitrogens with zero attached hydrogens (tertiary/aromatic N) is 3. The molecule has 0 bridgehead atoms. The van der Waals surface area contributed by atoms with Crippen molar-refractivity contribution in [3.05, 3.63) is 73.9 Å². The summed E-state index contributed by atoms with van der Waals surface area (Å²) in [5, 5.41) is 0. The molecule has 0 aliphatic rings. The first-order chi connectivity index (χ1) is 8.85. The van der Waals surface area contributed by atoms with Crippen LogP contribution in [0.2, 0.25) is 0 Å². The molecule has 0 saturated heterocycles. The summed E-state index contributed by atoms with van der Waals surface area (Å²) in [7, 11) is 0. The van der Waals surface area contributed by atoms with Crippen LogP contribution >= 0.6 is 0 Å². The van der Waals surface area contributed by atoms with E-state index in [1.165, 1.54) is 6.33 Å². The Kier molecular flexibility index (Phi) is 3.76. The van der Waals surface area contributed by atoms with Crippen LogP contribution in [0.1, 0.15) is 5.82 Å². The molecule has 0 spiro atoms. The zero-order chi connectivity index (χ0) is 12.8. The van der Waals surface area contributed by atoms with Gasteiger partial charge in [-0.25, -0.2) is 15.0 Å². The Balaban J connectivity index is 2.45. The van der Waals surface area contributed by atoms with Crippen LogP contribution in [0.25, 0.3) is 17.0 Å². The highest BCUT2D eigenvalue weighted by atomic mass is 15.0. The SMILES string of the molecule is C=C/C=C(\C=C)c1ncnc(-c2ccccc2)n1. The minimum absolute atomic E-state index is 0.596. The van der Waals surface area contributed by atoms with Gasteiger partial charge in [0.1, 0.15) is 6.33 Å². The summed E-state index contributed by atoms with van der Waals surface area (Å²) in [5.41, 5.74) is 1.78. The van der Waals surface area contributed by atoms with Gasteiger partial charge in [0.05, 0.1) is 0 Å². The van der Waals surface area contributed by atoms with Crippen molar-refractivity contribution in [3.63, 3.8) is 0 Å². The average Bonchev–Trinajstić information content (AvgIpc) is 2.46. The zero-order valence-electron chi connectivity index (χ0n) is 9.95. The van der Waals surface area contributed by atoms with Crippen molar-refractivity contribution in [3.8, 4) is 11.4 Å². The minimum atomic E-state index is 0.596. The zero-order valence-corrected chi connectivity index (χ0v) is 9.95. The third-order valence-electron chi connectivity index (χ3n) is 2.38. The molecule has 0 aliphatic carbocycles. The number of allylic oxidation sites excluding steroid dienone is 4. The summed E-state index contributed by atoms with van der Waals surface area (Å²) in [6.07, 6.45) is 6.71. The average molecular weight is 235 g/mol. The van der Waals surface area contributed by atoms with Gasteiger partial charge in [-0.05, 0) is 0 Å². The van der Waals surface area contributed by atoms with Gasteiger partial charge in [0.15, 0.2) is 11.6 Å². The summed E-state index contributed by atoms with van der Waals surface area (Å²) in [6.45, 7) is 7.40. The molecule has 2 rings (SSSR count). The number of rotatable bonds is 4. The summed E-state index contributed by atoms with van der Waals surface area (Å²) >= 11 is 0. The number of hydrogen-bond acceptors (Lipinski definition) is 3. The standard InChI is InChI=1S/C15H13N3/c1-3-8-12(4-2)14-16-11-17-15(18-14)13-9-6-5-7-10-13/h3-11H,1-2H2/b12-8+. The predicted molar refractivity (Wildman–Crippen MR) is 73.6 cm³/mol. The van der Waals surface area contributed by atoms with Crippen molar-refractivity contribution >= 4 is 5.57 Å². The molecule has 0 unspecified atom stereocenters. The second-order valence-electron chi connectivity index (χ2n) is 3.56. The van der Waals surface area contributed by atoms with Crippen LogP contribution in [-0.4, -0.2) is 15.0 Å². The van der Waals surface area contributed by atoms with Gasteiger partial charge >= 0.3 is 0 Å². The Hall–Kier alpha value is -2.55. The predicted octanol–water partition coefficient (Wildman–Crippen LogP) is 3.29. The number of aromatic nitrogens is 3. The molecule has 18 heavy (non-hydrogen) atoms. The van der Waals surface area contributed by atoms with E-state index < -0.39 is 0 Å². The van der Waals surface area contributed by atoms with E-state index >= 15 is 0 Å². The summed E-state index contributed by atoms with van der Waals surface area (Å²) in [4.78, 5) is 12.7. The topological polar surface area (TPSA) is 38.7 Å². The molecule has 1 heterocycles. The normalized spacial score (nSPS) is 11.0. The third kappa shape index (κ3) is 2.58. The van der Waals surface area contributed by atoms with Gasteiger partial charge in [-0.3, -0.25) is 0 Å². The molecular weight excluding hydrogens is 222 g/mol. The van der Waals surface area contributed by atoms with E-state index in [1.807, 2.05) is 36.4 Å². The summed E-state index contributed by atoms with van der Waals surface area (Å²) in [6, 6.07) is 9.78. The molecule has 0 saturated carbocycles. The lowest BCUT2D eigenvalue weighted by molar-refractivity contribution is 1.03. The Labute approximate surface area is 106 Å². The van der Waals surface area contributed by atoms with Gasteiger partial charge in [0, 0.05) is 11.1 Å². The van der Waals surface area contributed by atoms with E-state index in [-0.39, 0.29) is 0 Å². The van der Waals surface area contributed by atoms with Crippen molar-refractivity contribution in [2.45, 2.75) is 0 Å². The maximum absolute atomic E-state index is 4.42. The van der Waals surface area contributed by atoms with Crippen molar-refractivity contribution in [2.75, 3.05) is 0 Å². The lowest BCUT2D eigenvalue weighted by Gasteiger charge is -2.03. The van der Waals surface area contributed by atoms with Gasteiger partial charge in [-0.2, -0.15) is 0 Å². The lowest BCUT2D eigenvalue weighted by Crippen LogP contribution is -1.97. The first-order valence-electron chi connectivity index (χ1n) is 5.55. The fourth-order valence-corrected chi connectivity index (χ4v) is 1.52. The van der Waals surface area contributed by atoms with Gasteiger partial charge in [-0.15, -0.1) is 0 Å². The maximum atomic E-state index is 4.42. The van der Waals surface area contributed by atoms with E-state index in [0.717, 1.165) is 11.1 Å². The van der Waals surface area contributed by atoms with E-state index in [1.54, 1.807) is 12.2 Å². The van der Waals surface area contributed by atoms with Crippen LogP contribution in [-0.2, 0) is 0 Å². The van der Waals surface area contributed by atoms with Crippen LogP contribution in [0.5, 0.6) is 0 Å².